The molecule has 0 fully saturated rings. The highest BCUT2D eigenvalue weighted by molar-refractivity contribution is 5.25. The minimum Gasteiger partial charge on any atom is -0.303 e. The van der Waals surface area contributed by atoms with Crippen LogP contribution in [-0.2, 0) is 0 Å². The smallest absolute Gasteiger partial charge is 0.0940 e. The molecule has 0 amide bonds. The topological polar surface area (TPSA) is 12.0 Å². The van der Waals surface area contributed by atoms with Gasteiger partial charge < -0.3 is 5.32 Å². The molecule has 0 aromatic heterocycles. The molecule has 1 aromatic carbocycles. The van der Waals surface area contributed by atoms with E-state index in [1.807, 2.05) is 37.4 Å². The van der Waals surface area contributed by atoms with E-state index < -0.39 is 0 Å². The molecular formula is C10H11N. The van der Waals surface area contributed by atoms with E-state index in [-0.39, 0.29) is 6.04 Å². The van der Waals surface area contributed by atoms with Crippen LogP contribution in [-0.4, -0.2) is 7.05 Å². The first kappa shape index (κ1) is 7.84. The lowest BCUT2D eigenvalue weighted by Gasteiger charge is -2.07. The molecule has 0 aliphatic carbocycles. The number of hydrogen-bond acceptors (Lipinski definition) is 1. The Bertz CT molecular complexity index is 245. The minimum atomic E-state index is 0.0381. The second kappa shape index (κ2) is 3.80. The van der Waals surface area contributed by atoms with Gasteiger partial charge in [0.25, 0.3) is 0 Å². The van der Waals surface area contributed by atoms with Crippen LogP contribution in [0.2, 0.25) is 0 Å². The summed E-state index contributed by atoms with van der Waals surface area (Å²) in [6.07, 6.45) is 5.30. The molecule has 1 heteroatoms. The highest BCUT2D eigenvalue weighted by Crippen LogP contribution is 2.09. The van der Waals surface area contributed by atoms with Crippen molar-refractivity contribution in [3.05, 3.63) is 35.9 Å². The molecule has 1 N–H and O–H groups in total. The molecule has 1 atom stereocenters. The van der Waals surface area contributed by atoms with Crippen LogP contribution in [0.15, 0.2) is 30.3 Å². The molecule has 1 rings (SSSR count). The van der Waals surface area contributed by atoms with Crippen LogP contribution in [0.3, 0.4) is 0 Å². The second-order valence-corrected chi connectivity index (χ2v) is 2.30. The van der Waals surface area contributed by atoms with E-state index in [0.29, 0.717) is 0 Å². The summed E-state index contributed by atoms with van der Waals surface area (Å²) in [6.45, 7) is 0. The highest BCUT2D eigenvalue weighted by Gasteiger charge is 2.01. The molecule has 0 heterocycles. The molecule has 0 unspecified atom stereocenters. The van der Waals surface area contributed by atoms with Crippen LogP contribution < -0.4 is 5.32 Å². The lowest BCUT2D eigenvalue weighted by Crippen LogP contribution is -2.13. The van der Waals surface area contributed by atoms with Gasteiger partial charge in [-0.05, 0) is 12.6 Å². The van der Waals surface area contributed by atoms with Gasteiger partial charge in [0, 0.05) is 0 Å². The molecule has 11 heavy (non-hydrogen) atoms. The maximum Gasteiger partial charge on any atom is 0.0940 e. The van der Waals surface area contributed by atoms with Gasteiger partial charge in [-0.1, -0.05) is 36.3 Å². The highest BCUT2D eigenvalue weighted by atomic mass is 14.9. The van der Waals surface area contributed by atoms with Crippen molar-refractivity contribution in [3.63, 3.8) is 0 Å². The van der Waals surface area contributed by atoms with Crippen LogP contribution in [0.25, 0.3) is 0 Å². The fourth-order valence-electron chi connectivity index (χ4n) is 0.992. The number of hydrogen-bond donors (Lipinski definition) is 1. The largest absolute Gasteiger partial charge is 0.303 e. The summed E-state index contributed by atoms with van der Waals surface area (Å²) in [4.78, 5) is 0. The van der Waals surface area contributed by atoms with Gasteiger partial charge in [0.2, 0.25) is 0 Å². The van der Waals surface area contributed by atoms with Crippen LogP contribution in [0.5, 0.6) is 0 Å². The average molecular weight is 145 g/mol. The summed E-state index contributed by atoms with van der Waals surface area (Å²) in [6, 6.07) is 10.0. The zero-order valence-corrected chi connectivity index (χ0v) is 6.54. The predicted octanol–water partition coefficient (Wildman–Crippen LogP) is 1.58. The van der Waals surface area contributed by atoms with E-state index >= 15 is 0 Å². The van der Waals surface area contributed by atoms with E-state index in [1.165, 1.54) is 0 Å². The maximum absolute atomic E-state index is 5.30. The molecule has 1 nitrogen and oxygen atoms in total. The third-order valence-electron chi connectivity index (χ3n) is 1.59. The molecular weight excluding hydrogens is 134 g/mol. The third kappa shape index (κ3) is 1.83. The number of rotatable bonds is 2. The maximum atomic E-state index is 5.30. The fraction of sp³-hybridized carbons (Fsp3) is 0.200. The van der Waals surface area contributed by atoms with Gasteiger partial charge in [0.1, 0.15) is 0 Å². The van der Waals surface area contributed by atoms with Crippen molar-refractivity contribution in [2.24, 2.45) is 0 Å². The van der Waals surface area contributed by atoms with E-state index in [4.69, 9.17) is 6.42 Å². The summed E-state index contributed by atoms with van der Waals surface area (Å²) in [5.41, 5.74) is 1.14. The van der Waals surface area contributed by atoms with Crippen molar-refractivity contribution in [2.45, 2.75) is 6.04 Å². The molecule has 0 saturated heterocycles. The van der Waals surface area contributed by atoms with Crippen molar-refractivity contribution < 1.29 is 0 Å². The number of benzene rings is 1. The summed E-state index contributed by atoms with van der Waals surface area (Å²) in [5.74, 6) is 2.66. The lowest BCUT2D eigenvalue weighted by atomic mass is 10.1. The number of terminal acetylenes is 1. The Morgan fingerprint density at radius 1 is 1.36 bits per heavy atom. The first-order valence-corrected chi connectivity index (χ1v) is 3.57. The Labute approximate surface area is 67.4 Å². The Balaban J connectivity index is 2.85. The molecule has 1 aromatic rings. The van der Waals surface area contributed by atoms with Crippen LogP contribution in [0.1, 0.15) is 11.6 Å². The summed E-state index contributed by atoms with van der Waals surface area (Å²) in [5, 5.41) is 3.03. The van der Waals surface area contributed by atoms with Crippen molar-refractivity contribution in [1.29, 1.82) is 0 Å². The molecule has 56 valence electrons. The van der Waals surface area contributed by atoms with Crippen LogP contribution in [0, 0.1) is 12.3 Å². The van der Waals surface area contributed by atoms with Crippen molar-refractivity contribution >= 4 is 0 Å². The van der Waals surface area contributed by atoms with E-state index in [1.54, 1.807) is 0 Å². The van der Waals surface area contributed by atoms with Gasteiger partial charge >= 0.3 is 0 Å². The summed E-state index contributed by atoms with van der Waals surface area (Å²) >= 11 is 0. The first-order valence-electron chi connectivity index (χ1n) is 3.57. The van der Waals surface area contributed by atoms with Gasteiger partial charge in [-0.25, -0.2) is 0 Å². The van der Waals surface area contributed by atoms with Gasteiger partial charge in [0.05, 0.1) is 6.04 Å². The van der Waals surface area contributed by atoms with Crippen LogP contribution >= 0.6 is 0 Å². The van der Waals surface area contributed by atoms with E-state index in [2.05, 4.69) is 11.2 Å². The molecule has 0 aliphatic rings. The summed E-state index contributed by atoms with van der Waals surface area (Å²) in [7, 11) is 1.86. The van der Waals surface area contributed by atoms with Crippen molar-refractivity contribution in [1.82, 2.24) is 5.32 Å². The van der Waals surface area contributed by atoms with Gasteiger partial charge in [-0.2, -0.15) is 0 Å². The van der Waals surface area contributed by atoms with Crippen molar-refractivity contribution in [2.75, 3.05) is 7.05 Å². The third-order valence-corrected chi connectivity index (χ3v) is 1.59. The van der Waals surface area contributed by atoms with Crippen molar-refractivity contribution in [3.8, 4) is 12.3 Å². The Hall–Kier alpha value is -1.26. The fourth-order valence-corrected chi connectivity index (χ4v) is 0.992. The van der Waals surface area contributed by atoms with Gasteiger partial charge in [-0.3, -0.25) is 0 Å². The number of nitrogens with one attached hydrogen (secondary N) is 1. The standard InChI is InChI=1S/C10H11N/c1-3-10(11-2)9-7-5-4-6-8-9/h1,4-8,10-11H,2H3/t10-/m0/s1. The monoisotopic (exact) mass is 145 g/mol. The first-order chi connectivity index (χ1) is 5.38. The predicted molar refractivity (Wildman–Crippen MR) is 47.1 cm³/mol. The van der Waals surface area contributed by atoms with E-state index in [9.17, 15) is 0 Å². The Morgan fingerprint density at radius 3 is 2.45 bits per heavy atom. The molecule has 0 radical (unpaired) electrons. The normalized spacial score (nSPS) is 12.0. The van der Waals surface area contributed by atoms with Crippen LogP contribution in [0.4, 0.5) is 0 Å². The summed E-state index contributed by atoms with van der Waals surface area (Å²) < 4.78 is 0. The van der Waals surface area contributed by atoms with E-state index in [0.717, 1.165) is 5.56 Å². The molecule has 0 bridgehead atoms. The molecule has 0 saturated carbocycles. The average Bonchev–Trinajstić information content (AvgIpc) is 2.09. The van der Waals surface area contributed by atoms with Gasteiger partial charge in [-0.15, -0.1) is 6.42 Å². The second-order valence-electron chi connectivity index (χ2n) is 2.30. The lowest BCUT2D eigenvalue weighted by molar-refractivity contribution is 0.737. The molecule has 0 spiro atoms. The quantitative estimate of drug-likeness (QED) is 0.623. The SMILES string of the molecule is C#C[C@H](NC)c1ccccc1. The minimum absolute atomic E-state index is 0.0381. The zero-order valence-electron chi connectivity index (χ0n) is 6.54. The molecule has 0 aliphatic heterocycles. The Morgan fingerprint density at radius 2 is 2.00 bits per heavy atom. The van der Waals surface area contributed by atoms with Gasteiger partial charge in [0.15, 0.2) is 0 Å². The zero-order chi connectivity index (χ0) is 8.10. The Kier molecular flexibility index (Phi) is 2.71.